The molecule has 1 aromatic carbocycles. The molecular formula is C11H14BrNO. The number of benzene rings is 1. The van der Waals surface area contributed by atoms with Gasteiger partial charge < -0.3 is 5.73 Å². The van der Waals surface area contributed by atoms with Crippen LogP contribution in [0.25, 0.3) is 0 Å². The van der Waals surface area contributed by atoms with Crippen LogP contribution in [0.5, 0.6) is 0 Å². The molecule has 2 N–H and O–H groups in total. The molecule has 0 unspecified atom stereocenters. The third kappa shape index (κ3) is 2.42. The molecule has 0 radical (unpaired) electrons. The Balaban J connectivity index is 3.19. The fourth-order valence-electron chi connectivity index (χ4n) is 1.19. The molecule has 76 valence electrons. The number of hydrogen-bond acceptors (Lipinski definition) is 2. The van der Waals surface area contributed by atoms with E-state index >= 15 is 0 Å². The predicted octanol–water partition coefficient (Wildman–Crippen LogP) is 2.68. The molecule has 0 fully saturated rings. The Morgan fingerprint density at radius 3 is 2.50 bits per heavy atom. The first-order chi connectivity index (χ1) is 6.32. The summed E-state index contributed by atoms with van der Waals surface area (Å²) in [5.41, 5.74) is 6.59. The van der Waals surface area contributed by atoms with Crippen molar-refractivity contribution in [1.82, 2.24) is 0 Å². The molecule has 0 saturated carbocycles. The maximum absolute atomic E-state index is 11.9. The van der Waals surface area contributed by atoms with Crippen molar-refractivity contribution in [1.29, 1.82) is 0 Å². The lowest BCUT2D eigenvalue weighted by atomic mass is 9.92. The molecular weight excluding hydrogens is 242 g/mol. The average Bonchev–Trinajstić information content (AvgIpc) is 2.06. The smallest absolute Gasteiger partial charge is 0.182 e. The summed E-state index contributed by atoms with van der Waals surface area (Å²) in [6.07, 6.45) is 0. The van der Waals surface area contributed by atoms with E-state index in [0.717, 1.165) is 10.0 Å². The third-order valence-corrected chi connectivity index (χ3v) is 2.52. The van der Waals surface area contributed by atoms with Crippen molar-refractivity contribution in [3.63, 3.8) is 0 Å². The number of Topliss-reactive ketones (excluding diaryl/α,β-unsaturated/α-hetero) is 1. The van der Waals surface area contributed by atoms with Crippen molar-refractivity contribution in [2.24, 2.45) is 5.73 Å². The second-order valence-corrected chi connectivity index (χ2v) is 4.93. The maximum atomic E-state index is 11.9. The summed E-state index contributed by atoms with van der Waals surface area (Å²) < 4.78 is 0.899. The summed E-state index contributed by atoms with van der Waals surface area (Å²) >= 11 is 3.34. The van der Waals surface area contributed by atoms with Crippen LogP contribution in [0.15, 0.2) is 22.7 Å². The zero-order valence-corrected chi connectivity index (χ0v) is 10.2. The van der Waals surface area contributed by atoms with Gasteiger partial charge in [-0.1, -0.05) is 22.0 Å². The van der Waals surface area contributed by atoms with Gasteiger partial charge in [0.2, 0.25) is 0 Å². The van der Waals surface area contributed by atoms with E-state index in [2.05, 4.69) is 15.9 Å². The molecule has 14 heavy (non-hydrogen) atoms. The lowest BCUT2D eigenvalue weighted by Gasteiger charge is -2.18. The normalized spacial score (nSPS) is 11.5. The maximum Gasteiger partial charge on any atom is 0.182 e. The number of aryl methyl sites for hydroxylation is 1. The molecule has 0 saturated heterocycles. The highest BCUT2D eigenvalue weighted by Crippen LogP contribution is 2.19. The molecule has 0 bridgehead atoms. The number of ketones is 1. The number of carbonyl (C=O) groups excluding carboxylic acids is 1. The molecule has 0 aromatic heterocycles. The Hall–Kier alpha value is -0.670. The van der Waals surface area contributed by atoms with Crippen LogP contribution in [-0.2, 0) is 0 Å². The Morgan fingerprint density at radius 2 is 2.00 bits per heavy atom. The Kier molecular flexibility index (Phi) is 3.12. The Morgan fingerprint density at radius 1 is 1.43 bits per heavy atom. The van der Waals surface area contributed by atoms with Crippen molar-refractivity contribution in [3.8, 4) is 0 Å². The molecule has 0 atom stereocenters. The van der Waals surface area contributed by atoms with Gasteiger partial charge in [-0.25, -0.2) is 0 Å². The highest BCUT2D eigenvalue weighted by atomic mass is 79.9. The largest absolute Gasteiger partial charge is 0.319 e. The van der Waals surface area contributed by atoms with Crippen molar-refractivity contribution in [2.75, 3.05) is 0 Å². The zero-order valence-electron chi connectivity index (χ0n) is 8.60. The highest BCUT2D eigenvalue weighted by molar-refractivity contribution is 9.10. The summed E-state index contributed by atoms with van der Waals surface area (Å²) in [5, 5.41) is 0. The van der Waals surface area contributed by atoms with Gasteiger partial charge in [0.15, 0.2) is 5.78 Å². The molecule has 0 amide bonds. The molecule has 1 aromatic rings. The van der Waals surface area contributed by atoms with Crippen molar-refractivity contribution in [2.45, 2.75) is 26.3 Å². The minimum atomic E-state index is -0.814. The van der Waals surface area contributed by atoms with E-state index in [1.807, 2.05) is 25.1 Å². The first-order valence-electron chi connectivity index (χ1n) is 4.42. The van der Waals surface area contributed by atoms with E-state index in [0.29, 0.717) is 5.56 Å². The minimum Gasteiger partial charge on any atom is -0.319 e. The SMILES string of the molecule is Cc1ccc(Br)cc1C(=O)C(C)(C)N. The van der Waals surface area contributed by atoms with E-state index in [1.165, 1.54) is 0 Å². The lowest BCUT2D eigenvalue weighted by molar-refractivity contribution is 0.0913. The Bertz CT molecular complexity index is 366. The third-order valence-electron chi connectivity index (χ3n) is 2.03. The van der Waals surface area contributed by atoms with E-state index < -0.39 is 5.54 Å². The summed E-state index contributed by atoms with van der Waals surface area (Å²) in [6.45, 7) is 5.34. The monoisotopic (exact) mass is 255 g/mol. The number of rotatable bonds is 2. The van der Waals surface area contributed by atoms with E-state index in [1.54, 1.807) is 13.8 Å². The molecule has 0 heterocycles. The standard InChI is InChI=1S/C11H14BrNO/c1-7-4-5-8(12)6-9(7)10(14)11(2,3)13/h4-6H,13H2,1-3H3. The van der Waals surface area contributed by atoms with Gasteiger partial charge in [-0.05, 0) is 38.5 Å². The first-order valence-corrected chi connectivity index (χ1v) is 5.21. The average molecular weight is 256 g/mol. The second-order valence-electron chi connectivity index (χ2n) is 4.01. The molecule has 3 heteroatoms. The van der Waals surface area contributed by atoms with Crippen LogP contribution in [0.1, 0.15) is 29.8 Å². The summed E-state index contributed by atoms with van der Waals surface area (Å²) in [7, 11) is 0. The second kappa shape index (κ2) is 3.83. The Labute approximate surface area is 92.6 Å². The van der Waals surface area contributed by atoms with Crippen molar-refractivity contribution in [3.05, 3.63) is 33.8 Å². The highest BCUT2D eigenvalue weighted by Gasteiger charge is 2.24. The van der Waals surface area contributed by atoms with Crippen molar-refractivity contribution >= 4 is 21.7 Å². The van der Waals surface area contributed by atoms with E-state index in [9.17, 15) is 4.79 Å². The molecule has 2 nitrogen and oxygen atoms in total. The van der Waals surface area contributed by atoms with Crippen LogP contribution in [0.2, 0.25) is 0 Å². The van der Waals surface area contributed by atoms with Gasteiger partial charge in [-0.3, -0.25) is 4.79 Å². The fraction of sp³-hybridized carbons (Fsp3) is 0.364. The van der Waals surface area contributed by atoms with Crippen molar-refractivity contribution < 1.29 is 4.79 Å². The first kappa shape index (κ1) is 11.4. The molecule has 1 rings (SSSR count). The van der Waals surface area contributed by atoms with Gasteiger partial charge in [0.05, 0.1) is 5.54 Å². The number of carbonyl (C=O) groups is 1. The van der Waals surface area contributed by atoms with Crippen LogP contribution >= 0.6 is 15.9 Å². The molecule has 0 aliphatic rings. The van der Waals surface area contributed by atoms with E-state index in [-0.39, 0.29) is 5.78 Å². The van der Waals surface area contributed by atoms with Gasteiger partial charge in [0, 0.05) is 10.0 Å². The van der Waals surface area contributed by atoms with Gasteiger partial charge in [0.25, 0.3) is 0 Å². The zero-order chi connectivity index (χ0) is 10.9. The van der Waals surface area contributed by atoms with Crippen LogP contribution < -0.4 is 5.73 Å². The number of halogens is 1. The van der Waals surface area contributed by atoms with Gasteiger partial charge in [-0.15, -0.1) is 0 Å². The van der Waals surface area contributed by atoms with Crippen LogP contribution in [-0.4, -0.2) is 11.3 Å². The molecule has 0 aliphatic carbocycles. The topological polar surface area (TPSA) is 43.1 Å². The van der Waals surface area contributed by atoms with Gasteiger partial charge in [-0.2, -0.15) is 0 Å². The molecule has 0 aliphatic heterocycles. The van der Waals surface area contributed by atoms with E-state index in [4.69, 9.17) is 5.73 Å². The van der Waals surface area contributed by atoms with Crippen LogP contribution in [0.4, 0.5) is 0 Å². The molecule has 0 spiro atoms. The summed E-state index contributed by atoms with van der Waals surface area (Å²) in [4.78, 5) is 11.9. The van der Waals surface area contributed by atoms with Gasteiger partial charge >= 0.3 is 0 Å². The number of nitrogens with two attached hydrogens (primary N) is 1. The van der Waals surface area contributed by atoms with Crippen LogP contribution in [0, 0.1) is 6.92 Å². The van der Waals surface area contributed by atoms with Gasteiger partial charge in [0.1, 0.15) is 0 Å². The number of hydrogen-bond donors (Lipinski definition) is 1. The minimum absolute atomic E-state index is 0.0312. The summed E-state index contributed by atoms with van der Waals surface area (Å²) in [5.74, 6) is -0.0312. The summed E-state index contributed by atoms with van der Waals surface area (Å²) in [6, 6.07) is 5.63. The van der Waals surface area contributed by atoms with Crippen LogP contribution in [0.3, 0.4) is 0 Å². The predicted molar refractivity (Wildman–Crippen MR) is 61.5 cm³/mol. The lowest BCUT2D eigenvalue weighted by Crippen LogP contribution is -2.41. The fourth-order valence-corrected chi connectivity index (χ4v) is 1.55. The quantitative estimate of drug-likeness (QED) is 0.826.